The second-order valence-electron chi connectivity index (χ2n) is 17.6. The molecule has 0 radical (unpaired) electrons. The molecule has 0 aromatic heterocycles. The van der Waals surface area contributed by atoms with Gasteiger partial charge < -0.3 is 24.8 Å². The Morgan fingerprint density at radius 2 is 1.05 bits per heavy atom. The van der Waals surface area contributed by atoms with Crippen molar-refractivity contribution in [3.05, 3.63) is 162 Å². The first-order chi connectivity index (χ1) is 26.2. The first-order valence-electron chi connectivity index (χ1n) is 19.4. The Morgan fingerprint density at radius 3 is 1.43 bits per heavy atom. The molecule has 8 rings (SSSR count). The summed E-state index contributed by atoms with van der Waals surface area (Å²) in [5.41, 5.74) is 11.6. The van der Waals surface area contributed by atoms with Gasteiger partial charge in [0.2, 0.25) is 0 Å². The van der Waals surface area contributed by atoms with Gasteiger partial charge in [0.15, 0.2) is 0 Å². The van der Waals surface area contributed by atoms with Gasteiger partial charge in [-0.05, 0) is 0 Å². The minimum atomic E-state index is -4.63. The Bertz CT molecular complexity index is 2360. The summed E-state index contributed by atoms with van der Waals surface area (Å²) >= 11 is -3.79. The zero-order valence-electron chi connectivity index (χ0n) is 33.8. The molecule has 1 atom stereocenters. The van der Waals surface area contributed by atoms with E-state index in [2.05, 4.69) is 97.0 Å². The Hall–Kier alpha value is -3.25. The van der Waals surface area contributed by atoms with Gasteiger partial charge in [0.05, 0.1) is 0 Å². The molecule has 1 unspecified atom stereocenters. The van der Waals surface area contributed by atoms with Gasteiger partial charge in [-0.1, -0.05) is 0 Å². The SMILES string of the molecule is CC1=CC(C)[C]([Zr+2](=[C](c2cccc(C(F)(F)F)c2)c2cccc(C(F)(F)F)c2)[CH]2c3cc4c(cc3-c3cc5c(cc32)C(C)(C)CC=C5C)C(C)=CCC4(C)C)=C1.[Cl-].[Cl-]. The Kier molecular flexibility index (Phi) is 11.7. The predicted octanol–water partition coefficient (Wildman–Crippen LogP) is 8.34. The summed E-state index contributed by atoms with van der Waals surface area (Å²) in [6.45, 7) is 17.5. The summed E-state index contributed by atoms with van der Waals surface area (Å²) in [4.78, 5) is 0. The first kappa shape index (κ1) is 44.3. The van der Waals surface area contributed by atoms with Crippen LogP contribution in [0.2, 0.25) is 0 Å². The molecule has 0 spiro atoms. The van der Waals surface area contributed by atoms with Crippen LogP contribution in [-0.2, 0) is 44.4 Å². The molecule has 4 aliphatic rings. The molecular weight excluding hydrogens is 865 g/mol. The third kappa shape index (κ3) is 7.56. The number of benzene rings is 4. The summed E-state index contributed by atoms with van der Waals surface area (Å²) < 4.78 is 88.7. The van der Waals surface area contributed by atoms with Gasteiger partial charge in [-0.2, -0.15) is 0 Å². The first-order valence-corrected chi connectivity index (χ1v) is 23.2. The quantitative estimate of drug-likeness (QED) is 0.181. The topological polar surface area (TPSA) is 0 Å². The summed E-state index contributed by atoms with van der Waals surface area (Å²) in [6, 6.07) is 20.0. The maximum Gasteiger partial charge on any atom is -1.00 e. The van der Waals surface area contributed by atoms with E-state index in [9.17, 15) is 26.3 Å². The summed E-state index contributed by atoms with van der Waals surface area (Å²) in [7, 11) is 0. The number of hydrogen-bond donors (Lipinski definition) is 0. The molecule has 0 heterocycles. The largest absolute Gasteiger partial charge is 1.00 e. The molecule has 9 heteroatoms. The molecule has 0 fully saturated rings. The van der Waals surface area contributed by atoms with Crippen LogP contribution in [0.1, 0.15) is 127 Å². The molecule has 0 nitrogen and oxygen atoms in total. The second kappa shape index (κ2) is 15.3. The molecule has 4 aliphatic carbocycles. The third-order valence-electron chi connectivity index (χ3n) is 12.6. The minimum absolute atomic E-state index is 0. The van der Waals surface area contributed by atoms with Crippen LogP contribution in [0.4, 0.5) is 26.3 Å². The molecule has 0 N–H and O–H groups in total. The van der Waals surface area contributed by atoms with E-state index < -0.39 is 44.7 Å². The fraction of sp³-hybridized carbons (Fsp3) is 0.327. The Balaban J connectivity index is 0.00000283. The number of hydrogen-bond acceptors (Lipinski definition) is 0. The van der Waals surface area contributed by atoms with Crippen molar-refractivity contribution in [2.24, 2.45) is 5.92 Å². The molecule has 0 aliphatic heterocycles. The number of allylic oxidation sites excluding steroid dienone is 8. The van der Waals surface area contributed by atoms with Crippen LogP contribution >= 0.6 is 0 Å². The van der Waals surface area contributed by atoms with E-state index >= 15 is 0 Å². The molecule has 0 saturated heterocycles. The fourth-order valence-corrected chi connectivity index (χ4v) is 19.1. The van der Waals surface area contributed by atoms with Crippen molar-refractivity contribution in [2.45, 2.75) is 95.0 Å². The monoisotopic (exact) mass is 908 g/mol. The molecular formula is C49H46Cl2F6Zr. The van der Waals surface area contributed by atoms with E-state index in [0.717, 1.165) is 52.8 Å². The van der Waals surface area contributed by atoms with Gasteiger partial charge in [-0.15, -0.1) is 0 Å². The zero-order valence-corrected chi connectivity index (χ0v) is 37.8. The van der Waals surface area contributed by atoms with E-state index in [1.165, 1.54) is 60.9 Å². The Labute approximate surface area is 358 Å². The predicted molar refractivity (Wildman–Crippen MR) is 213 cm³/mol. The Morgan fingerprint density at radius 1 is 0.621 bits per heavy atom. The van der Waals surface area contributed by atoms with Crippen LogP contribution in [0.3, 0.4) is 0 Å². The van der Waals surface area contributed by atoms with Crippen molar-refractivity contribution in [3.63, 3.8) is 0 Å². The van der Waals surface area contributed by atoms with Crippen LogP contribution in [0.15, 0.2) is 106 Å². The maximum absolute atomic E-state index is 14.5. The van der Waals surface area contributed by atoms with E-state index in [1.807, 2.05) is 6.92 Å². The van der Waals surface area contributed by atoms with Gasteiger partial charge in [-0.3, -0.25) is 0 Å². The van der Waals surface area contributed by atoms with E-state index in [1.54, 1.807) is 12.1 Å². The van der Waals surface area contributed by atoms with Crippen LogP contribution in [0.25, 0.3) is 22.3 Å². The average Bonchev–Trinajstić information content (AvgIpc) is 3.63. The van der Waals surface area contributed by atoms with Gasteiger partial charge in [0.25, 0.3) is 0 Å². The third-order valence-corrected chi connectivity index (χ3v) is 21.3. The van der Waals surface area contributed by atoms with E-state index in [-0.39, 0.29) is 45.2 Å². The van der Waals surface area contributed by atoms with Crippen molar-refractivity contribution in [1.82, 2.24) is 0 Å². The van der Waals surface area contributed by atoms with Gasteiger partial charge >= 0.3 is 336 Å². The normalized spacial score (nSPS) is 18.7. The van der Waals surface area contributed by atoms with E-state index in [4.69, 9.17) is 0 Å². The van der Waals surface area contributed by atoms with Crippen molar-refractivity contribution < 1.29 is 72.4 Å². The van der Waals surface area contributed by atoms with Gasteiger partial charge in [-0.25, -0.2) is 0 Å². The zero-order chi connectivity index (χ0) is 40.3. The number of halogens is 8. The van der Waals surface area contributed by atoms with Crippen molar-refractivity contribution in [2.75, 3.05) is 0 Å². The molecule has 0 amide bonds. The molecule has 58 heavy (non-hydrogen) atoms. The average molecular weight is 911 g/mol. The summed E-state index contributed by atoms with van der Waals surface area (Å²) in [5, 5.41) is 0. The molecule has 0 saturated carbocycles. The van der Waals surface area contributed by atoms with Crippen LogP contribution in [0, 0.1) is 5.92 Å². The number of rotatable bonds is 4. The molecule has 4 aromatic carbocycles. The molecule has 302 valence electrons. The molecule has 4 aromatic rings. The maximum atomic E-state index is 14.5. The number of fused-ring (bicyclic) bond motifs is 5. The minimum Gasteiger partial charge on any atom is -1.00 e. The van der Waals surface area contributed by atoms with Crippen molar-refractivity contribution >= 4 is 14.4 Å². The van der Waals surface area contributed by atoms with Crippen LogP contribution in [-0.4, -0.2) is 3.21 Å². The van der Waals surface area contributed by atoms with E-state index in [0.29, 0.717) is 14.3 Å². The smallest absolute Gasteiger partial charge is 1.00 e. The number of alkyl halides is 6. The van der Waals surface area contributed by atoms with Crippen molar-refractivity contribution in [1.29, 1.82) is 0 Å². The van der Waals surface area contributed by atoms with Crippen molar-refractivity contribution in [3.8, 4) is 11.1 Å². The van der Waals surface area contributed by atoms with Gasteiger partial charge in [0, 0.05) is 0 Å². The molecule has 0 bridgehead atoms. The van der Waals surface area contributed by atoms with Gasteiger partial charge in [0.1, 0.15) is 0 Å². The second-order valence-corrected chi connectivity index (χ2v) is 23.7. The fourth-order valence-electron chi connectivity index (χ4n) is 9.55. The van der Waals surface area contributed by atoms with Crippen LogP contribution < -0.4 is 24.8 Å². The summed E-state index contributed by atoms with van der Waals surface area (Å²) in [6.07, 6.45) is 1.48. The summed E-state index contributed by atoms with van der Waals surface area (Å²) in [5.74, 6) is -0.0259. The standard InChI is InChI=1S/C27H29.C15H8F6.C7H9.2ClH.Zr/c1-16-7-9-26(3,4)24-12-18-11-19-13-25-21(17(2)8-10-27(25,5)6)15-23(19)22(18)14-20(16)24;16-14(17,18)12-5-1-3-10(8-12)7-11-4-2-6-13(9-11)15(19,20)21;1-6-3-4-7(2)5-6;;;/h7-8,11-15H,9-10H2,1-6H3;1-6,8-9H;3,5,7H,1-2H3;2*1H;/q;;;;;+2/p-2. The van der Waals surface area contributed by atoms with Crippen LogP contribution in [0.5, 0.6) is 0 Å².